The Kier molecular flexibility index (Phi) is 6.22. The van der Waals surface area contributed by atoms with Crippen LogP contribution in [0.15, 0.2) is 36.4 Å². The largest absolute Gasteiger partial charge is 0.496 e. The SMILES string of the molecule is COc1ccc2[nH]c(C)c(OC(C)=O)c2c1C(=O)c1ccc(Cl)cc1.[Zn]. The summed E-state index contributed by atoms with van der Waals surface area (Å²) in [7, 11) is 1.49. The first-order valence-electron chi connectivity index (χ1n) is 7.60. The smallest absolute Gasteiger partial charge is 0.308 e. The maximum Gasteiger partial charge on any atom is 0.308 e. The molecule has 0 spiro atoms. The van der Waals surface area contributed by atoms with Crippen LogP contribution >= 0.6 is 11.6 Å². The fourth-order valence-corrected chi connectivity index (χ4v) is 2.91. The third kappa shape index (κ3) is 3.67. The zero-order chi connectivity index (χ0) is 18.1. The van der Waals surface area contributed by atoms with Gasteiger partial charge in [-0.05, 0) is 43.3 Å². The van der Waals surface area contributed by atoms with Crippen molar-refractivity contribution in [1.29, 1.82) is 0 Å². The zero-order valence-corrected chi connectivity index (χ0v) is 18.4. The molecule has 0 bridgehead atoms. The van der Waals surface area contributed by atoms with Crippen molar-refractivity contribution in [2.45, 2.75) is 13.8 Å². The molecule has 26 heavy (non-hydrogen) atoms. The second-order valence-corrected chi connectivity index (χ2v) is 6.01. The van der Waals surface area contributed by atoms with Gasteiger partial charge in [0, 0.05) is 37.0 Å². The molecule has 5 nitrogen and oxygen atoms in total. The molecule has 0 atom stereocenters. The summed E-state index contributed by atoms with van der Waals surface area (Å²) < 4.78 is 10.7. The third-order valence-electron chi connectivity index (χ3n) is 3.86. The normalized spacial score (nSPS) is 10.3. The minimum absolute atomic E-state index is 0. The molecule has 0 aliphatic rings. The minimum Gasteiger partial charge on any atom is -0.496 e. The van der Waals surface area contributed by atoms with Crippen molar-refractivity contribution in [1.82, 2.24) is 4.98 Å². The first kappa shape index (κ1) is 20.1. The molecule has 1 N–H and O–H groups in total. The maximum absolute atomic E-state index is 13.1. The van der Waals surface area contributed by atoms with E-state index in [2.05, 4.69) is 4.98 Å². The fraction of sp³-hybridized carbons (Fsp3) is 0.158. The molecule has 0 fully saturated rings. The van der Waals surface area contributed by atoms with Crippen LogP contribution in [0.2, 0.25) is 5.02 Å². The van der Waals surface area contributed by atoms with Gasteiger partial charge in [-0.2, -0.15) is 0 Å². The Morgan fingerprint density at radius 3 is 2.31 bits per heavy atom. The van der Waals surface area contributed by atoms with Gasteiger partial charge >= 0.3 is 5.97 Å². The molecular weight excluding hydrogens is 407 g/mol. The van der Waals surface area contributed by atoms with Gasteiger partial charge in [-0.15, -0.1) is 0 Å². The van der Waals surface area contributed by atoms with Gasteiger partial charge in [0.15, 0.2) is 11.5 Å². The Hall–Kier alpha value is -2.17. The molecule has 2 aromatic carbocycles. The molecule has 0 aliphatic carbocycles. The van der Waals surface area contributed by atoms with Gasteiger partial charge in [0.1, 0.15) is 5.75 Å². The number of H-pyrrole nitrogens is 1. The summed E-state index contributed by atoms with van der Waals surface area (Å²) in [6, 6.07) is 10.1. The van der Waals surface area contributed by atoms with Crippen LogP contribution < -0.4 is 9.47 Å². The number of esters is 1. The monoisotopic (exact) mass is 421 g/mol. The van der Waals surface area contributed by atoms with E-state index < -0.39 is 5.97 Å². The van der Waals surface area contributed by atoms with Gasteiger partial charge in [0.25, 0.3) is 0 Å². The predicted octanol–water partition coefficient (Wildman–Crippen LogP) is 4.29. The van der Waals surface area contributed by atoms with Crippen LogP contribution in [-0.4, -0.2) is 23.8 Å². The number of ketones is 1. The summed E-state index contributed by atoms with van der Waals surface area (Å²) in [4.78, 5) is 27.7. The zero-order valence-electron chi connectivity index (χ0n) is 14.7. The molecule has 0 saturated carbocycles. The fourth-order valence-electron chi connectivity index (χ4n) is 2.78. The molecule has 0 unspecified atom stereocenters. The summed E-state index contributed by atoms with van der Waals surface area (Å²) in [6.45, 7) is 3.10. The molecule has 7 heteroatoms. The second kappa shape index (κ2) is 8.02. The van der Waals surface area contributed by atoms with Gasteiger partial charge in [-0.1, -0.05) is 11.6 Å². The molecule has 0 saturated heterocycles. The molecule has 1 heterocycles. The summed E-state index contributed by atoms with van der Waals surface area (Å²) in [5, 5.41) is 1.06. The topological polar surface area (TPSA) is 68.4 Å². The van der Waals surface area contributed by atoms with Crippen molar-refractivity contribution in [2.24, 2.45) is 0 Å². The van der Waals surface area contributed by atoms with E-state index in [0.717, 1.165) is 0 Å². The van der Waals surface area contributed by atoms with Crippen molar-refractivity contribution in [3.63, 3.8) is 0 Å². The van der Waals surface area contributed by atoms with Crippen molar-refractivity contribution in [3.05, 3.63) is 58.2 Å². The molecule has 0 amide bonds. The van der Waals surface area contributed by atoms with E-state index >= 15 is 0 Å². The summed E-state index contributed by atoms with van der Waals surface area (Å²) in [5.74, 6) is 0.0294. The number of halogens is 1. The Labute approximate surface area is 168 Å². The van der Waals surface area contributed by atoms with E-state index in [4.69, 9.17) is 21.1 Å². The number of hydrogen-bond donors (Lipinski definition) is 1. The van der Waals surface area contributed by atoms with Crippen LogP contribution in [0.5, 0.6) is 11.5 Å². The average molecular weight is 423 g/mol. The summed E-state index contributed by atoms with van der Waals surface area (Å²) >= 11 is 5.90. The quantitative estimate of drug-likeness (QED) is 0.386. The van der Waals surface area contributed by atoms with Crippen LogP contribution in [0.4, 0.5) is 0 Å². The molecule has 3 rings (SSSR count). The Balaban J connectivity index is 0.00000243. The number of aromatic nitrogens is 1. The van der Waals surface area contributed by atoms with Gasteiger partial charge in [-0.25, -0.2) is 0 Å². The average Bonchev–Trinajstić information content (AvgIpc) is 2.89. The van der Waals surface area contributed by atoms with E-state index in [0.29, 0.717) is 44.2 Å². The number of methoxy groups -OCH3 is 1. The Morgan fingerprint density at radius 2 is 1.73 bits per heavy atom. The van der Waals surface area contributed by atoms with E-state index in [1.54, 1.807) is 43.3 Å². The van der Waals surface area contributed by atoms with Crippen molar-refractivity contribution < 1.29 is 38.5 Å². The van der Waals surface area contributed by atoms with Gasteiger partial charge in [0.05, 0.1) is 29.3 Å². The maximum atomic E-state index is 13.1. The van der Waals surface area contributed by atoms with Crippen LogP contribution in [0.25, 0.3) is 10.9 Å². The van der Waals surface area contributed by atoms with Crippen molar-refractivity contribution >= 4 is 34.3 Å². The molecule has 0 radical (unpaired) electrons. The van der Waals surface area contributed by atoms with Crippen molar-refractivity contribution in [2.75, 3.05) is 7.11 Å². The minimum atomic E-state index is -0.461. The number of aryl methyl sites for hydroxylation is 1. The van der Waals surface area contributed by atoms with Crippen LogP contribution in [0.1, 0.15) is 28.5 Å². The number of carbonyl (C=O) groups is 2. The molecule has 1 aromatic heterocycles. The predicted molar refractivity (Wildman–Crippen MR) is 95.8 cm³/mol. The van der Waals surface area contributed by atoms with Gasteiger partial charge < -0.3 is 14.5 Å². The first-order chi connectivity index (χ1) is 11.9. The number of nitrogens with one attached hydrogen (secondary N) is 1. The van der Waals surface area contributed by atoms with E-state index in [1.165, 1.54) is 14.0 Å². The first-order valence-corrected chi connectivity index (χ1v) is 7.98. The van der Waals surface area contributed by atoms with E-state index in [9.17, 15) is 9.59 Å². The molecular formula is C19H16ClNO4Zn. The number of hydrogen-bond acceptors (Lipinski definition) is 4. The number of aromatic amines is 1. The number of rotatable bonds is 4. The third-order valence-corrected chi connectivity index (χ3v) is 4.11. The number of benzene rings is 2. The van der Waals surface area contributed by atoms with Crippen LogP contribution in [0.3, 0.4) is 0 Å². The standard InChI is InChI=1S/C19H16ClNO4.Zn/c1-10-19(25-11(2)22)16-14(21-10)8-9-15(24-3)17(16)18(23)12-4-6-13(20)7-5-12;/h4-9,21H,1-3H3;. The van der Waals surface area contributed by atoms with Gasteiger partial charge in [-0.3, -0.25) is 9.59 Å². The van der Waals surface area contributed by atoms with E-state index in [1.807, 2.05) is 0 Å². The van der Waals surface area contributed by atoms with Crippen LogP contribution in [-0.2, 0) is 24.3 Å². The Morgan fingerprint density at radius 1 is 1.08 bits per heavy atom. The Bertz CT molecular complexity index is 979. The number of ether oxygens (including phenoxy) is 2. The van der Waals surface area contributed by atoms with Crippen molar-refractivity contribution in [3.8, 4) is 11.5 Å². The van der Waals surface area contributed by atoms with E-state index in [-0.39, 0.29) is 25.3 Å². The molecule has 0 aliphatic heterocycles. The second-order valence-electron chi connectivity index (χ2n) is 5.57. The summed E-state index contributed by atoms with van der Waals surface area (Å²) in [5.41, 5.74) is 2.14. The molecule has 130 valence electrons. The molecule has 3 aromatic rings. The van der Waals surface area contributed by atoms with Gasteiger partial charge in [0.2, 0.25) is 0 Å². The number of fused-ring (bicyclic) bond motifs is 1. The summed E-state index contributed by atoms with van der Waals surface area (Å²) in [6.07, 6.45) is 0. The van der Waals surface area contributed by atoms with Crippen LogP contribution in [0, 0.1) is 6.92 Å². The number of carbonyl (C=O) groups excluding carboxylic acids is 2.